The number of benzene rings is 2. The number of hydrogen-bond acceptors (Lipinski definition) is 4. The Bertz CT molecular complexity index is 629. The van der Waals surface area contributed by atoms with Gasteiger partial charge >= 0.3 is 0 Å². The fourth-order valence-electron chi connectivity index (χ4n) is 1.75. The molecule has 0 aliphatic heterocycles. The van der Waals surface area contributed by atoms with Gasteiger partial charge in [-0.25, -0.2) is 0 Å². The summed E-state index contributed by atoms with van der Waals surface area (Å²) < 4.78 is 5.29. The highest BCUT2D eigenvalue weighted by molar-refractivity contribution is 5.77. The number of carbonyl (C=O) groups is 1. The van der Waals surface area contributed by atoms with Crippen molar-refractivity contribution in [1.82, 2.24) is 5.32 Å². The van der Waals surface area contributed by atoms with Gasteiger partial charge in [0.05, 0.1) is 4.92 Å². The maximum Gasteiger partial charge on any atom is 0.274 e. The van der Waals surface area contributed by atoms with E-state index in [1.807, 2.05) is 6.07 Å². The predicted molar refractivity (Wildman–Crippen MR) is 76.9 cm³/mol. The van der Waals surface area contributed by atoms with Crippen LogP contribution in [0.1, 0.15) is 5.56 Å². The number of amides is 1. The van der Waals surface area contributed by atoms with Gasteiger partial charge in [0.15, 0.2) is 6.61 Å². The minimum atomic E-state index is -0.470. The lowest BCUT2D eigenvalue weighted by Crippen LogP contribution is -2.28. The van der Waals surface area contributed by atoms with Crippen LogP contribution in [0.2, 0.25) is 0 Å². The molecule has 0 saturated carbocycles. The quantitative estimate of drug-likeness (QED) is 0.652. The third-order valence-electron chi connectivity index (χ3n) is 2.78. The van der Waals surface area contributed by atoms with Gasteiger partial charge in [-0.3, -0.25) is 14.9 Å². The zero-order valence-electron chi connectivity index (χ0n) is 11.2. The molecule has 0 bridgehead atoms. The van der Waals surface area contributed by atoms with Crippen molar-refractivity contribution in [2.75, 3.05) is 6.61 Å². The van der Waals surface area contributed by atoms with E-state index in [1.54, 1.807) is 42.5 Å². The van der Waals surface area contributed by atoms with Gasteiger partial charge in [-0.05, 0) is 12.1 Å². The normalized spacial score (nSPS) is 9.90. The minimum absolute atomic E-state index is 0.0122. The summed E-state index contributed by atoms with van der Waals surface area (Å²) in [6, 6.07) is 15.2. The summed E-state index contributed by atoms with van der Waals surface area (Å²) in [4.78, 5) is 22.0. The molecule has 0 aliphatic carbocycles. The number of rotatable bonds is 6. The summed E-state index contributed by atoms with van der Waals surface area (Å²) in [7, 11) is 0. The summed E-state index contributed by atoms with van der Waals surface area (Å²) in [5.74, 6) is 0.260. The Morgan fingerprint density at radius 2 is 1.76 bits per heavy atom. The largest absolute Gasteiger partial charge is 0.484 e. The molecule has 0 heterocycles. The van der Waals surface area contributed by atoms with E-state index in [1.165, 1.54) is 6.07 Å². The zero-order valence-corrected chi connectivity index (χ0v) is 11.2. The Hall–Kier alpha value is -2.89. The van der Waals surface area contributed by atoms with Crippen LogP contribution in [-0.4, -0.2) is 17.4 Å². The molecule has 2 aromatic carbocycles. The summed E-state index contributed by atoms with van der Waals surface area (Å²) in [5, 5.41) is 13.4. The van der Waals surface area contributed by atoms with E-state index in [2.05, 4.69) is 5.32 Å². The highest BCUT2D eigenvalue weighted by Gasteiger charge is 2.13. The molecule has 0 aliphatic rings. The van der Waals surface area contributed by atoms with Crippen molar-refractivity contribution in [2.24, 2.45) is 0 Å². The van der Waals surface area contributed by atoms with Crippen molar-refractivity contribution in [3.63, 3.8) is 0 Å². The van der Waals surface area contributed by atoms with E-state index in [0.29, 0.717) is 11.3 Å². The fourth-order valence-corrected chi connectivity index (χ4v) is 1.75. The van der Waals surface area contributed by atoms with Crippen molar-refractivity contribution >= 4 is 11.6 Å². The molecule has 0 fully saturated rings. The first kappa shape index (κ1) is 14.5. The molecule has 0 spiro atoms. The highest BCUT2D eigenvalue weighted by atomic mass is 16.6. The second-order valence-electron chi connectivity index (χ2n) is 4.26. The molecule has 6 heteroatoms. The number of ether oxygens (including phenoxy) is 1. The van der Waals surface area contributed by atoms with Crippen molar-refractivity contribution < 1.29 is 14.5 Å². The molecule has 1 N–H and O–H groups in total. The van der Waals surface area contributed by atoms with Gasteiger partial charge in [0.25, 0.3) is 11.6 Å². The molecule has 0 unspecified atom stereocenters. The number of nitrogens with zero attached hydrogens (tertiary/aromatic N) is 1. The Balaban J connectivity index is 1.86. The molecule has 0 radical (unpaired) electrons. The van der Waals surface area contributed by atoms with E-state index in [4.69, 9.17) is 4.74 Å². The molecule has 1 amide bonds. The second-order valence-corrected chi connectivity index (χ2v) is 4.26. The third kappa shape index (κ3) is 4.31. The number of nitro groups is 1. The van der Waals surface area contributed by atoms with Crippen LogP contribution in [0, 0.1) is 10.1 Å². The number of para-hydroxylation sites is 2. The first-order chi connectivity index (χ1) is 10.2. The molecule has 108 valence electrons. The monoisotopic (exact) mass is 286 g/mol. The van der Waals surface area contributed by atoms with Crippen LogP contribution in [0.15, 0.2) is 54.6 Å². The predicted octanol–water partition coefficient (Wildman–Crippen LogP) is 2.29. The standard InChI is InChI=1S/C15H14N2O4/c18-15(11-21-13-7-2-1-3-8-13)16-10-12-6-4-5-9-14(12)17(19)20/h1-9H,10-11H2,(H,16,18). The van der Waals surface area contributed by atoms with Gasteiger partial charge in [0, 0.05) is 18.2 Å². The van der Waals surface area contributed by atoms with Gasteiger partial charge in [0.1, 0.15) is 5.75 Å². The van der Waals surface area contributed by atoms with Crippen LogP contribution in [0.5, 0.6) is 5.75 Å². The van der Waals surface area contributed by atoms with E-state index in [9.17, 15) is 14.9 Å². The highest BCUT2D eigenvalue weighted by Crippen LogP contribution is 2.17. The van der Waals surface area contributed by atoms with Crippen LogP contribution in [0.4, 0.5) is 5.69 Å². The van der Waals surface area contributed by atoms with Gasteiger partial charge in [-0.15, -0.1) is 0 Å². The average molecular weight is 286 g/mol. The molecule has 0 aromatic heterocycles. The van der Waals surface area contributed by atoms with E-state index < -0.39 is 4.92 Å². The Labute approximate surface area is 121 Å². The summed E-state index contributed by atoms with van der Waals surface area (Å²) in [6.07, 6.45) is 0. The lowest BCUT2D eigenvalue weighted by Gasteiger charge is -2.07. The van der Waals surface area contributed by atoms with E-state index in [-0.39, 0.29) is 24.7 Å². The minimum Gasteiger partial charge on any atom is -0.484 e. The van der Waals surface area contributed by atoms with Crippen LogP contribution >= 0.6 is 0 Å². The number of nitro benzene ring substituents is 1. The van der Waals surface area contributed by atoms with Crippen LogP contribution in [0.25, 0.3) is 0 Å². The molecule has 0 saturated heterocycles. The first-order valence-electron chi connectivity index (χ1n) is 6.33. The van der Waals surface area contributed by atoms with Crippen LogP contribution < -0.4 is 10.1 Å². The smallest absolute Gasteiger partial charge is 0.274 e. The Morgan fingerprint density at radius 1 is 1.10 bits per heavy atom. The maximum absolute atomic E-state index is 11.7. The third-order valence-corrected chi connectivity index (χ3v) is 2.78. The Morgan fingerprint density at radius 3 is 2.48 bits per heavy atom. The van der Waals surface area contributed by atoms with Crippen molar-refractivity contribution in [2.45, 2.75) is 6.54 Å². The second kappa shape index (κ2) is 7.04. The molecule has 21 heavy (non-hydrogen) atoms. The van der Waals surface area contributed by atoms with E-state index in [0.717, 1.165) is 0 Å². The molecule has 6 nitrogen and oxygen atoms in total. The fraction of sp³-hybridized carbons (Fsp3) is 0.133. The molecule has 2 aromatic rings. The molecule has 0 atom stereocenters. The average Bonchev–Trinajstić information content (AvgIpc) is 2.52. The lowest BCUT2D eigenvalue weighted by molar-refractivity contribution is -0.385. The van der Waals surface area contributed by atoms with Crippen molar-refractivity contribution in [1.29, 1.82) is 0 Å². The molecular weight excluding hydrogens is 272 g/mol. The van der Waals surface area contributed by atoms with Crippen LogP contribution in [-0.2, 0) is 11.3 Å². The maximum atomic E-state index is 11.7. The summed E-state index contributed by atoms with van der Waals surface area (Å²) in [5.41, 5.74) is 0.442. The number of hydrogen-bond donors (Lipinski definition) is 1. The number of carbonyl (C=O) groups excluding carboxylic acids is 1. The summed E-state index contributed by atoms with van der Waals surface area (Å²) in [6.45, 7) is -0.0429. The van der Waals surface area contributed by atoms with Crippen molar-refractivity contribution in [3.8, 4) is 5.75 Å². The topological polar surface area (TPSA) is 81.5 Å². The van der Waals surface area contributed by atoms with Crippen LogP contribution in [0.3, 0.4) is 0 Å². The van der Waals surface area contributed by atoms with Gasteiger partial charge in [-0.2, -0.15) is 0 Å². The van der Waals surface area contributed by atoms with E-state index >= 15 is 0 Å². The van der Waals surface area contributed by atoms with Gasteiger partial charge < -0.3 is 10.1 Å². The SMILES string of the molecule is O=C(COc1ccccc1)NCc1ccccc1[N+](=O)[O-]. The molecule has 2 rings (SSSR count). The lowest BCUT2D eigenvalue weighted by atomic mass is 10.2. The molecular formula is C15H14N2O4. The zero-order chi connectivity index (χ0) is 15.1. The first-order valence-corrected chi connectivity index (χ1v) is 6.33. The van der Waals surface area contributed by atoms with Crippen molar-refractivity contribution in [3.05, 3.63) is 70.3 Å². The Kier molecular flexibility index (Phi) is 4.87. The van der Waals surface area contributed by atoms with Gasteiger partial charge in [0.2, 0.25) is 0 Å². The van der Waals surface area contributed by atoms with Gasteiger partial charge in [-0.1, -0.05) is 36.4 Å². The number of nitrogens with one attached hydrogen (secondary N) is 1. The summed E-state index contributed by atoms with van der Waals surface area (Å²) >= 11 is 0.